The van der Waals surface area contributed by atoms with Crippen LogP contribution >= 0.6 is 0 Å². The molecule has 0 radical (unpaired) electrons. The summed E-state index contributed by atoms with van der Waals surface area (Å²) in [7, 11) is 1.57. The van der Waals surface area contributed by atoms with Crippen LogP contribution in [0.4, 0.5) is 0 Å². The standard InChI is InChI=1S/C52H34O2/c1-54-31(53)8-5-19-50(20-6-3-2-4-7-20)51-29-17-18-30-28-16-14-26-24-12-10-22-21-9-11-23-25-13-15-27(29)38-36(25)41-34(23)32(21)40-33(22)35(24)42-37(26)39(28)49(52(30,50)51)47-45(42)43(40)44(41)46(47)48(38)51/h2-4,6-7,9-13,15-16,25-27,29-30,36,38H,5,8,14,17-19H2,1H3. The molecular formula is C52H34O2. The van der Waals surface area contributed by atoms with Gasteiger partial charge in [0.05, 0.1) is 7.11 Å². The summed E-state index contributed by atoms with van der Waals surface area (Å²) in [4.78, 5) is 13.0. The van der Waals surface area contributed by atoms with Gasteiger partial charge in [-0.05, 0) is 176 Å². The third kappa shape index (κ3) is 1.85. The van der Waals surface area contributed by atoms with Crippen LogP contribution in [-0.4, -0.2) is 13.1 Å². The largest absolute Gasteiger partial charge is 0.469 e. The van der Waals surface area contributed by atoms with Crippen molar-refractivity contribution in [3.05, 3.63) is 117 Å². The Bertz CT molecular complexity index is 3450. The summed E-state index contributed by atoms with van der Waals surface area (Å²) in [6.45, 7) is 0. The molecule has 54 heavy (non-hydrogen) atoms. The van der Waals surface area contributed by atoms with Gasteiger partial charge < -0.3 is 4.74 Å². The molecule has 8 aromatic carbocycles. The molecule has 0 N–H and O–H groups in total. The van der Waals surface area contributed by atoms with E-state index in [1.54, 1.807) is 111 Å². The van der Waals surface area contributed by atoms with Crippen molar-refractivity contribution < 1.29 is 9.53 Å². The first-order chi connectivity index (χ1) is 26.7. The maximum atomic E-state index is 13.0. The lowest BCUT2D eigenvalue weighted by Crippen LogP contribution is -2.38. The zero-order chi connectivity index (χ0) is 34.3. The van der Waals surface area contributed by atoms with Crippen LogP contribution in [0.1, 0.15) is 95.2 Å². The Hall–Kier alpha value is -4.95. The van der Waals surface area contributed by atoms with Gasteiger partial charge in [0.15, 0.2) is 0 Å². The molecule has 0 aromatic heterocycles. The van der Waals surface area contributed by atoms with E-state index < -0.39 is 0 Å². The van der Waals surface area contributed by atoms with Gasteiger partial charge in [0.25, 0.3) is 0 Å². The molecule has 2 spiro atoms. The molecule has 2 heteroatoms. The Balaban J connectivity index is 1.17. The molecule has 0 amide bonds. The molecule has 254 valence electrons. The van der Waals surface area contributed by atoms with E-state index in [4.69, 9.17) is 4.74 Å². The molecule has 10 unspecified atom stereocenters. The second-order valence-corrected chi connectivity index (χ2v) is 19.6. The van der Waals surface area contributed by atoms with Crippen LogP contribution in [0.2, 0.25) is 0 Å². The van der Waals surface area contributed by atoms with E-state index in [1.807, 2.05) is 5.57 Å². The second kappa shape index (κ2) is 7.14. The van der Waals surface area contributed by atoms with Crippen molar-refractivity contribution in [3.63, 3.8) is 0 Å². The predicted molar refractivity (Wildman–Crippen MR) is 214 cm³/mol. The van der Waals surface area contributed by atoms with Crippen LogP contribution in [0.15, 0.2) is 72.8 Å². The maximum Gasteiger partial charge on any atom is 0.305 e. The molecule has 0 aliphatic heterocycles. The van der Waals surface area contributed by atoms with Crippen molar-refractivity contribution in [2.45, 2.75) is 67.1 Å². The summed E-state index contributed by atoms with van der Waals surface area (Å²) in [5.74, 6) is 3.66. The van der Waals surface area contributed by atoms with Crippen molar-refractivity contribution in [2.24, 2.45) is 29.1 Å². The molecule has 0 bridgehead atoms. The average molecular weight is 691 g/mol. The summed E-state index contributed by atoms with van der Waals surface area (Å²) in [6.07, 6.45) is 14.5. The Morgan fingerprint density at radius 1 is 0.759 bits per heavy atom. The third-order valence-electron chi connectivity index (χ3n) is 19.3. The number of ether oxygens (including phenoxy) is 1. The number of fused-ring (bicyclic) bond motifs is 5. The van der Waals surface area contributed by atoms with Crippen molar-refractivity contribution in [3.8, 4) is 0 Å². The summed E-state index contributed by atoms with van der Waals surface area (Å²) in [6, 6.07) is 22.2. The van der Waals surface area contributed by atoms with Gasteiger partial charge in [0.2, 0.25) is 0 Å². The van der Waals surface area contributed by atoms with Crippen LogP contribution in [0, 0.1) is 29.1 Å². The second-order valence-electron chi connectivity index (χ2n) is 19.6. The fourth-order valence-corrected chi connectivity index (χ4v) is 19.0. The minimum absolute atomic E-state index is 0.0297. The van der Waals surface area contributed by atoms with Crippen molar-refractivity contribution >= 4 is 81.8 Å². The molecule has 0 heterocycles. The highest BCUT2D eigenvalue weighted by molar-refractivity contribution is 6.51. The zero-order valence-corrected chi connectivity index (χ0v) is 30.0. The monoisotopic (exact) mass is 690 g/mol. The van der Waals surface area contributed by atoms with Gasteiger partial charge in [-0.25, -0.2) is 0 Å². The first kappa shape index (κ1) is 26.0. The van der Waals surface area contributed by atoms with E-state index in [0.717, 1.165) is 19.3 Å². The molecule has 0 saturated heterocycles. The number of esters is 1. The van der Waals surface area contributed by atoms with Gasteiger partial charge in [-0.15, -0.1) is 0 Å². The lowest BCUT2D eigenvalue weighted by Gasteiger charge is -2.40. The smallest absolute Gasteiger partial charge is 0.305 e. The average Bonchev–Trinajstić information content (AvgIpc) is 3.86. The topological polar surface area (TPSA) is 26.3 Å². The quantitative estimate of drug-likeness (QED) is 0.102. The summed E-state index contributed by atoms with van der Waals surface area (Å²) < 4.78 is 5.33. The molecule has 3 saturated carbocycles. The third-order valence-corrected chi connectivity index (χ3v) is 19.3. The van der Waals surface area contributed by atoms with Gasteiger partial charge in [0.1, 0.15) is 0 Å². The van der Waals surface area contributed by atoms with Crippen LogP contribution in [0.3, 0.4) is 0 Å². The molecule has 8 aromatic rings. The van der Waals surface area contributed by atoms with Crippen molar-refractivity contribution in [1.82, 2.24) is 0 Å². The van der Waals surface area contributed by atoms with Crippen LogP contribution in [0.25, 0.3) is 75.8 Å². The number of benzene rings is 6. The van der Waals surface area contributed by atoms with E-state index in [2.05, 4.69) is 72.8 Å². The number of hydrogen-bond donors (Lipinski definition) is 0. The molecule has 10 aliphatic carbocycles. The fourth-order valence-electron chi connectivity index (χ4n) is 19.0. The zero-order valence-electron chi connectivity index (χ0n) is 30.0. The van der Waals surface area contributed by atoms with Crippen molar-refractivity contribution in [1.29, 1.82) is 0 Å². The number of allylic oxidation sites excluding steroid dienone is 4. The number of rotatable bonds is 5. The number of carbonyl (C=O) groups is 1. The van der Waals surface area contributed by atoms with E-state index in [-0.39, 0.29) is 22.2 Å². The van der Waals surface area contributed by atoms with Gasteiger partial charge in [0, 0.05) is 40.4 Å². The van der Waals surface area contributed by atoms with E-state index in [9.17, 15) is 4.79 Å². The first-order valence-corrected chi connectivity index (χ1v) is 21.1. The Labute approximate surface area is 310 Å². The summed E-state index contributed by atoms with van der Waals surface area (Å²) >= 11 is 0. The molecular weight excluding hydrogens is 657 g/mol. The number of carbonyl (C=O) groups excluding carboxylic acids is 1. The minimum Gasteiger partial charge on any atom is -0.469 e. The summed E-state index contributed by atoms with van der Waals surface area (Å²) in [5, 5.41) is 21.3. The first-order valence-electron chi connectivity index (χ1n) is 21.1. The fraction of sp³-hybridized carbons (Fsp3) is 0.327. The summed E-state index contributed by atoms with van der Waals surface area (Å²) in [5.41, 5.74) is 15.5. The molecule has 2 nitrogen and oxygen atoms in total. The molecule has 18 rings (SSSR count). The lowest BCUT2D eigenvalue weighted by molar-refractivity contribution is -0.140. The van der Waals surface area contributed by atoms with Gasteiger partial charge >= 0.3 is 5.97 Å². The molecule has 10 aliphatic rings. The Morgan fingerprint density at radius 3 is 2.44 bits per heavy atom. The van der Waals surface area contributed by atoms with Gasteiger partial charge in [-0.1, -0.05) is 72.8 Å². The minimum atomic E-state index is -0.0582. The van der Waals surface area contributed by atoms with E-state index in [1.165, 1.54) is 23.6 Å². The van der Waals surface area contributed by atoms with Crippen LogP contribution in [0.5, 0.6) is 0 Å². The van der Waals surface area contributed by atoms with Crippen LogP contribution < -0.4 is 5.22 Å². The Kier molecular flexibility index (Phi) is 3.43. The highest BCUT2D eigenvalue weighted by Crippen LogP contribution is 2.99. The Morgan fingerprint density at radius 2 is 1.57 bits per heavy atom. The normalized spacial score (nSPS) is 37.5. The van der Waals surface area contributed by atoms with Crippen LogP contribution in [-0.2, 0) is 20.4 Å². The highest BCUT2D eigenvalue weighted by atomic mass is 16.5. The van der Waals surface area contributed by atoms with Gasteiger partial charge in [-0.2, -0.15) is 0 Å². The van der Waals surface area contributed by atoms with Crippen molar-refractivity contribution in [2.75, 3.05) is 7.11 Å². The van der Waals surface area contributed by atoms with Gasteiger partial charge in [-0.3, -0.25) is 4.79 Å². The molecule has 3 fully saturated rings. The predicted octanol–water partition coefficient (Wildman–Crippen LogP) is 10.6. The maximum absolute atomic E-state index is 13.0. The highest BCUT2D eigenvalue weighted by Gasteiger charge is 2.97. The number of hydrogen-bond acceptors (Lipinski definition) is 2. The number of methoxy groups -OCH3 is 1. The lowest BCUT2D eigenvalue weighted by atomic mass is 9.62. The van der Waals surface area contributed by atoms with E-state index >= 15 is 0 Å². The molecule has 10 atom stereocenters. The van der Waals surface area contributed by atoms with E-state index in [0.29, 0.717) is 47.8 Å². The SMILES string of the molecule is COC(=O)CCCC1(c2ccccc2)C23C4=c5c6c7c8c9c%10c%11c%12ccc%13c%14ccc%15c%16c(c5c(c6%10)c(c%16%14)c%13%11)C5C%15C=CC(C45)C2CCC(C8=CCC9%12)C713.